The molecule has 0 saturated heterocycles. The second-order valence-corrected chi connectivity index (χ2v) is 5.96. The van der Waals surface area contributed by atoms with Crippen molar-refractivity contribution in [3.8, 4) is 16.9 Å². The number of nitrogens with zero attached hydrogens (tertiary/aromatic N) is 2. The van der Waals surface area contributed by atoms with Gasteiger partial charge in [-0.2, -0.15) is 5.10 Å². The average molecular weight is 393 g/mol. The number of nitrogens with one attached hydrogen (secondary N) is 1. The van der Waals surface area contributed by atoms with Crippen LogP contribution in [0.4, 0.5) is 0 Å². The van der Waals surface area contributed by atoms with Crippen molar-refractivity contribution in [3.63, 3.8) is 0 Å². The Hall–Kier alpha value is -3.94. The summed E-state index contributed by atoms with van der Waals surface area (Å²) in [5.41, 5.74) is 1.52. The Labute approximate surface area is 167 Å². The van der Waals surface area contributed by atoms with Crippen LogP contribution >= 0.6 is 0 Å². The van der Waals surface area contributed by atoms with E-state index in [9.17, 15) is 14.4 Å². The van der Waals surface area contributed by atoms with E-state index in [0.717, 1.165) is 0 Å². The minimum atomic E-state index is -0.743. The molecule has 3 aromatic rings. The third-order valence-corrected chi connectivity index (χ3v) is 4.28. The molecule has 148 valence electrons. The van der Waals surface area contributed by atoms with Crippen LogP contribution in [-0.2, 0) is 9.47 Å². The third-order valence-electron chi connectivity index (χ3n) is 4.28. The van der Waals surface area contributed by atoms with Crippen molar-refractivity contribution >= 4 is 17.8 Å². The van der Waals surface area contributed by atoms with Gasteiger partial charge in [-0.15, -0.1) is 0 Å². The Balaban J connectivity index is 2.32. The van der Waals surface area contributed by atoms with Crippen LogP contribution in [-0.4, -0.2) is 48.9 Å². The van der Waals surface area contributed by atoms with Gasteiger partial charge in [0.05, 0.1) is 19.9 Å². The van der Waals surface area contributed by atoms with Crippen molar-refractivity contribution in [2.24, 2.45) is 0 Å². The Morgan fingerprint density at radius 1 is 0.931 bits per heavy atom. The summed E-state index contributed by atoms with van der Waals surface area (Å²) in [5, 5.41) is 7.05. The van der Waals surface area contributed by atoms with E-state index < -0.39 is 11.9 Å². The first-order valence-electron chi connectivity index (χ1n) is 8.69. The number of benzene rings is 2. The first-order valence-corrected chi connectivity index (χ1v) is 8.69. The average Bonchev–Trinajstić information content (AvgIpc) is 3.18. The standard InChI is InChI=1S/C21H19N3O5/c1-22-19(25)14-9-7-8-13(12-14)17-16(20(26)28-2)18(21(27)29-3)24(23-17)15-10-5-4-6-11-15/h4-12H,1-3H3,(H,22,25). The molecule has 1 aromatic heterocycles. The zero-order valence-electron chi connectivity index (χ0n) is 16.1. The van der Waals surface area contributed by atoms with Gasteiger partial charge in [0.25, 0.3) is 5.91 Å². The number of esters is 2. The number of aromatic nitrogens is 2. The highest BCUT2D eigenvalue weighted by molar-refractivity contribution is 6.07. The molecule has 0 aliphatic rings. The second-order valence-electron chi connectivity index (χ2n) is 5.96. The molecule has 0 saturated carbocycles. The molecular formula is C21H19N3O5. The summed E-state index contributed by atoms with van der Waals surface area (Å²) in [6, 6.07) is 15.4. The largest absolute Gasteiger partial charge is 0.465 e. The molecule has 0 bridgehead atoms. The summed E-state index contributed by atoms with van der Waals surface area (Å²) in [7, 11) is 3.96. The van der Waals surface area contributed by atoms with Gasteiger partial charge in [-0.05, 0) is 24.3 Å². The van der Waals surface area contributed by atoms with Crippen LogP contribution in [0.3, 0.4) is 0 Å². The number of hydrogen-bond acceptors (Lipinski definition) is 6. The van der Waals surface area contributed by atoms with Crippen molar-refractivity contribution in [1.82, 2.24) is 15.1 Å². The molecule has 8 heteroatoms. The van der Waals surface area contributed by atoms with E-state index in [4.69, 9.17) is 9.47 Å². The van der Waals surface area contributed by atoms with Gasteiger partial charge in [-0.25, -0.2) is 14.3 Å². The summed E-state index contributed by atoms with van der Waals surface area (Å²) < 4.78 is 11.1. The van der Waals surface area contributed by atoms with Gasteiger partial charge in [-0.3, -0.25) is 4.79 Å². The van der Waals surface area contributed by atoms with Crippen LogP contribution in [0.1, 0.15) is 31.2 Å². The number of hydrogen-bond donors (Lipinski definition) is 1. The maximum Gasteiger partial charge on any atom is 0.357 e. The fourth-order valence-corrected chi connectivity index (χ4v) is 2.91. The number of carbonyl (C=O) groups is 3. The topological polar surface area (TPSA) is 99.5 Å². The van der Waals surface area contributed by atoms with Gasteiger partial charge in [0.15, 0.2) is 5.69 Å². The van der Waals surface area contributed by atoms with Crippen LogP contribution in [0.25, 0.3) is 16.9 Å². The molecule has 0 spiro atoms. The minimum absolute atomic E-state index is 0.0442. The van der Waals surface area contributed by atoms with Gasteiger partial charge in [-0.1, -0.05) is 30.3 Å². The zero-order chi connectivity index (χ0) is 21.0. The highest BCUT2D eigenvalue weighted by Gasteiger charge is 2.31. The van der Waals surface area contributed by atoms with Crippen LogP contribution in [0.2, 0.25) is 0 Å². The first-order chi connectivity index (χ1) is 14.0. The second kappa shape index (κ2) is 8.39. The number of para-hydroxylation sites is 1. The maximum absolute atomic E-state index is 12.6. The van der Waals surface area contributed by atoms with E-state index in [1.54, 1.807) is 48.5 Å². The molecule has 0 atom stereocenters. The summed E-state index contributed by atoms with van der Waals surface area (Å²) in [6.07, 6.45) is 0. The van der Waals surface area contributed by atoms with Gasteiger partial charge >= 0.3 is 11.9 Å². The normalized spacial score (nSPS) is 10.3. The van der Waals surface area contributed by atoms with Gasteiger partial charge in [0.1, 0.15) is 11.3 Å². The predicted molar refractivity (Wildman–Crippen MR) is 105 cm³/mol. The van der Waals surface area contributed by atoms with E-state index in [0.29, 0.717) is 16.8 Å². The third kappa shape index (κ3) is 3.73. The Morgan fingerprint density at radius 2 is 1.62 bits per heavy atom. The fourth-order valence-electron chi connectivity index (χ4n) is 2.91. The van der Waals surface area contributed by atoms with Crippen molar-refractivity contribution < 1.29 is 23.9 Å². The summed E-state index contributed by atoms with van der Waals surface area (Å²) in [4.78, 5) is 37.2. The molecule has 1 N–H and O–H groups in total. The highest BCUT2D eigenvalue weighted by atomic mass is 16.5. The van der Waals surface area contributed by atoms with E-state index in [-0.39, 0.29) is 22.9 Å². The molecule has 1 amide bonds. The van der Waals surface area contributed by atoms with Crippen molar-refractivity contribution in [2.75, 3.05) is 21.3 Å². The Kier molecular flexibility index (Phi) is 5.73. The number of rotatable bonds is 5. The minimum Gasteiger partial charge on any atom is -0.465 e. The first kappa shape index (κ1) is 19.8. The van der Waals surface area contributed by atoms with Crippen LogP contribution < -0.4 is 5.32 Å². The number of carbonyl (C=O) groups excluding carboxylic acids is 3. The molecule has 0 fully saturated rings. The molecule has 3 rings (SSSR count). The van der Waals surface area contributed by atoms with Crippen LogP contribution in [0.5, 0.6) is 0 Å². The lowest BCUT2D eigenvalue weighted by molar-refractivity contribution is 0.0549. The van der Waals surface area contributed by atoms with Gasteiger partial charge in [0, 0.05) is 18.2 Å². The van der Waals surface area contributed by atoms with E-state index in [1.165, 1.54) is 25.9 Å². The molecule has 2 aromatic carbocycles. The lowest BCUT2D eigenvalue weighted by Gasteiger charge is -2.07. The van der Waals surface area contributed by atoms with Crippen LogP contribution in [0.15, 0.2) is 54.6 Å². The predicted octanol–water partition coefficient (Wildman–Crippen LogP) is 2.47. The van der Waals surface area contributed by atoms with E-state index in [2.05, 4.69) is 10.4 Å². The molecule has 1 heterocycles. The summed E-state index contributed by atoms with van der Waals surface area (Å²) in [5.74, 6) is -1.77. The van der Waals surface area contributed by atoms with E-state index in [1.807, 2.05) is 6.07 Å². The van der Waals surface area contributed by atoms with Gasteiger partial charge < -0.3 is 14.8 Å². The molecule has 0 unspecified atom stereocenters. The van der Waals surface area contributed by atoms with E-state index >= 15 is 0 Å². The molecule has 0 aliphatic heterocycles. The van der Waals surface area contributed by atoms with Gasteiger partial charge in [0.2, 0.25) is 0 Å². The van der Waals surface area contributed by atoms with Crippen LogP contribution in [0, 0.1) is 0 Å². The quantitative estimate of drug-likeness (QED) is 0.669. The molecule has 0 aliphatic carbocycles. The molecular weight excluding hydrogens is 374 g/mol. The smallest absolute Gasteiger partial charge is 0.357 e. The Bertz CT molecular complexity index is 1070. The van der Waals surface area contributed by atoms with Crippen molar-refractivity contribution in [1.29, 1.82) is 0 Å². The monoisotopic (exact) mass is 393 g/mol. The van der Waals surface area contributed by atoms with Crippen molar-refractivity contribution in [3.05, 3.63) is 71.4 Å². The van der Waals surface area contributed by atoms with Crippen molar-refractivity contribution in [2.45, 2.75) is 0 Å². The fraction of sp³-hybridized carbons (Fsp3) is 0.143. The number of methoxy groups -OCH3 is 2. The SMILES string of the molecule is CNC(=O)c1cccc(-c2nn(-c3ccccc3)c(C(=O)OC)c2C(=O)OC)c1. The lowest BCUT2D eigenvalue weighted by atomic mass is 10.0. The molecule has 8 nitrogen and oxygen atoms in total. The summed E-state index contributed by atoms with van der Waals surface area (Å²) >= 11 is 0. The molecule has 29 heavy (non-hydrogen) atoms. The zero-order valence-corrected chi connectivity index (χ0v) is 16.1. The maximum atomic E-state index is 12.6. The summed E-state index contributed by atoms with van der Waals surface area (Å²) in [6.45, 7) is 0. The Morgan fingerprint density at radius 3 is 2.24 bits per heavy atom. The number of ether oxygens (including phenoxy) is 2. The number of amides is 1. The lowest BCUT2D eigenvalue weighted by Crippen LogP contribution is -2.17. The highest BCUT2D eigenvalue weighted by Crippen LogP contribution is 2.29. The molecule has 0 radical (unpaired) electrons.